The molecule has 0 fully saturated rings. The van der Waals surface area contributed by atoms with E-state index < -0.39 is 0 Å². The van der Waals surface area contributed by atoms with Crippen LogP contribution >= 0.6 is 11.3 Å². The monoisotopic (exact) mass is 679 g/mol. The lowest BCUT2D eigenvalue weighted by molar-refractivity contribution is 1.29. The van der Waals surface area contributed by atoms with E-state index in [0.717, 1.165) is 17.1 Å². The summed E-state index contributed by atoms with van der Waals surface area (Å²) in [4.78, 5) is 2.41. The second kappa shape index (κ2) is 12.7. The van der Waals surface area contributed by atoms with Gasteiger partial charge >= 0.3 is 0 Å². The van der Waals surface area contributed by atoms with Crippen molar-refractivity contribution in [1.82, 2.24) is 0 Å². The third kappa shape index (κ3) is 5.42. The SMILES string of the molecule is c1ccc(-c2ccc(N(c3ccc(-c4ccc5ccccc5c4)cc3)c3cc(-c4ccc5ccccc5c4)c4sc5ccccc5c4c3)cc2)cc1. The molecule has 0 bridgehead atoms. The third-order valence-corrected chi connectivity index (χ3v) is 11.4. The van der Waals surface area contributed by atoms with Crippen molar-refractivity contribution in [3.05, 3.63) is 200 Å². The summed E-state index contributed by atoms with van der Waals surface area (Å²) in [5.41, 5.74) is 10.7. The van der Waals surface area contributed by atoms with Gasteiger partial charge in [0.2, 0.25) is 0 Å². The van der Waals surface area contributed by atoms with Crippen molar-refractivity contribution < 1.29 is 0 Å². The van der Waals surface area contributed by atoms with Crippen LogP contribution in [0.5, 0.6) is 0 Å². The van der Waals surface area contributed by atoms with E-state index in [1.54, 1.807) is 0 Å². The maximum atomic E-state index is 2.41. The van der Waals surface area contributed by atoms with Gasteiger partial charge in [-0.2, -0.15) is 0 Å². The maximum absolute atomic E-state index is 2.41. The highest BCUT2D eigenvalue weighted by molar-refractivity contribution is 7.26. The minimum absolute atomic E-state index is 1.11. The topological polar surface area (TPSA) is 3.24 Å². The molecule has 0 atom stereocenters. The molecule has 1 heterocycles. The summed E-state index contributed by atoms with van der Waals surface area (Å²) < 4.78 is 2.61. The number of thiophene rings is 1. The number of rotatable bonds is 6. The third-order valence-electron chi connectivity index (χ3n) is 10.2. The van der Waals surface area contributed by atoms with Gasteiger partial charge in [-0.3, -0.25) is 0 Å². The van der Waals surface area contributed by atoms with Crippen LogP contribution in [0.15, 0.2) is 200 Å². The van der Waals surface area contributed by atoms with Crippen molar-refractivity contribution in [2.45, 2.75) is 0 Å². The van der Waals surface area contributed by atoms with Crippen LogP contribution in [0.2, 0.25) is 0 Å². The summed E-state index contributed by atoms with van der Waals surface area (Å²) in [5.74, 6) is 0. The Labute approximate surface area is 307 Å². The lowest BCUT2D eigenvalue weighted by atomic mass is 9.97. The molecule has 0 spiro atoms. The molecule has 0 aliphatic heterocycles. The molecule has 0 radical (unpaired) electrons. The fourth-order valence-corrected chi connectivity index (χ4v) is 8.78. The highest BCUT2D eigenvalue weighted by Crippen LogP contribution is 2.46. The van der Waals surface area contributed by atoms with Gasteiger partial charge in [0.25, 0.3) is 0 Å². The fourth-order valence-electron chi connectivity index (χ4n) is 7.56. The number of fused-ring (bicyclic) bond motifs is 5. The zero-order chi connectivity index (χ0) is 34.4. The molecule has 9 aromatic carbocycles. The molecule has 0 aliphatic carbocycles. The van der Waals surface area contributed by atoms with E-state index in [4.69, 9.17) is 0 Å². The first kappa shape index (κ1) is 30.4. The largest absolute Gasteiger partial charge is 0.310 e. The Morgan fingerprint density at radius 1 is 0.308 bits per heavy atom. The fraction of sp³-hybridized carbons (Fsp3) is 0. The number of hydrogen-bond donors (Lipinski definition) is 0. The van der Waals surface area contributed by atoms with Gasteiger partial charge in [-0.05, 0) is 104 Å². The van der Waals surface area contributed by atoms with Crippen LogP contribution in [0.4, 0.5) is 17.1 Å². The van der Waals surface area contributed by atoms with Crippen molar-refractivity contribution in [3.8, 4) is 33.4 Å². The predicted molar refractivity (Wildman–Crippen MR) is 225 cm³/mol. The smallest absolute Gasteiger partial charge is 0.0475 e. The minimum Gasteiger partial charge on any atom is -0.310 e. The number of anilines is 3. The molecule has 52 heavy (non-hydrogen) atoms. The molecule has 10 rings (SSSR count). The molecule has 0 saturated carbocycles. The van der Waals surface area contributed by atoms with E-state index in [-0.39, 0.29) is 0 Å². The summed E-state index contributed by atoms with van der Waals surface area (Å²) in [6, 6.07) is 73.0. The van der Waals surface area contributed by atoms with Crippen LogP contribution in [-0.4, -0.2) is 0 Å². The first-order valence-corrected chi connectivity index (χ1v) is 18.6. The standard InChI is InChI=1S/C50H33NS/c1-2-10-34(11-3-1)37-22-26-43(27-23-37)51(44-28-24-38(25-29-44)41-20-18-35-12-4-6-14-39(35)30-41)45-32-47(42-21-19-36-13-5-7-15-40(36)31-42)50-48(33-45)46-16-8-9-17-49(46)52-50/h1-33H. The van der Waals surface area contributed by atoms with E-state index in [9.17, 15) is 0 Å². The minimum atomic E-state index is 1.11. The summed E-state index contributed by atoms with van der Waals surface area (Å²) in [7, 11) is 0. The van der Waals surface area contributed by atoms with Crippen LogP contribution in [0, 0.1) is 0 Å². The summed E-state index contributed by atoms with van der Waals surface area (Å²) >= 11 is 1.88. The number of benzene rings is 9. The van der Waals surface area contributed by atoms with Gasteiger partial charge in [0.1, 0.15) is 0 Å². The van der Waals surface area contributed by atoms with Gasteiger partial charge in [-0.15, -0.1) is 11.3 Å². The Kier molecular flexibility index (Phi) is 7.41. The Morgan fingerprint density at radius 3 is 1.48 bits per heavy atom. The van der Waals surface area contributed by atoms with E-state index in [1.165, 1.54) is 75.1 Å². The zero-order valence-electron chi connectivity index (χ0n) is 28.4. The van der Waals surface area contributed by atoms with Gasteiger partial charge in [0.05, 0.1) is 0 Å². The van der Waals surface area contributed by atoms with Gasteiger partial charge in [-0.1, -0.05) is 146 Å². The average molecular weight is 680 g/mol. The molecular weight excluding hydrogens is 647 g/mol. The Bertz CT molecular complexity index is 2890. The van der Waals surface area contributed by atoms with E-state index in [2.05, 4.69) is 205 Å². The lowest BCUT2D eigenvalue weighted by Crippen LogP contribution is -2.10. The number of nitrogens with zero attached hydrogens (tertiary/aromatic N) is 1. The van der Waals surface area contributed by atoms with Gasteiger partial charge < -0.3 is 4.90 Å². The van der Waals surface area contributed by atoms with Crippen molar-refractivity contribution in [2.75, 3.05) is 4.90 Å². The molecule has 0 unspecified atom stereocenters. The van der Waals surface area contributed by atoms with Crippen LogP contribution in [-0.2, 0) is 0 Å². The van der Waals surface area contributed by atoms with Crippen LogP contribution in [0.3, 0.4) is 0 Å². The molecule has 1 nitrogen and oxygen atoms in total. The summed E-state index contributed by atoms with van der Waals surface area (Å²) in [5, 5.41) is 7.57. The van der Waals surface area contributed by atoms with Gasteiger partial charge in [0, 0.05) is 42.8 Å². The van der Waals surface area contributed by atoms with E-state index in [1.807, 2.05) is 11.3 Å². The highest BCUT2D eigenvalue weighted by atomic mass is 32.1. The second-order valence-electron chi connectivity index (χ2n) is 13.4. The van der Waals surface area contributed by atoms with Gasteiger partial charge in [0.15, 0.2) is 0 Å². The van der Waals surface area contributed by atoms with E-state index in [0.29, 0.717) is 0 Å². The maximum Gasteiger partial charge on any atom is 0.0475 e. The Morgan fingerprint density at radius 2 is 0.808 bits per heavy atom. The quantitative estimate of drug-likeness (QED) is 0.169. The normalized spacial score (nSPS) is 11.5. The molecular formula is C50H33NS. The first-order chi connectivity index (χ1) is 25.7. The molecule has 2 heteroatoms. The average Bonchev–Trinajstić information content (AvgIpc) is 3.60. The van der Waals surface area contributed by atoms with Gasteiger partial charge in [-0.25, -0.2) is 0 Å². The van der Waals surface area contributed by atoms with Crippen LogP contribution in [0.1, 0.15) is 0 Å². The van der Waals surface area contributed by atoms with Crippen LogP contribution < -0.4 is 4.90 Å². The molecule has 10 aromatic rings. The van der Waals surface area contributed by atoms with Crippen molar-refractivity contribution in [3.63, 3.8) is 0 Å². The Balaban J connectivity index is 1.16. The molecule has 244 valence electrons. The van der Waals surface area contributed by atoms with Crippen LogP contribution in [0.25, 0.3) is 75.1 Å². The number of hydrogen-bond acceptors (Lipinski definition) is 2. The van der Waals surface area contributed by atoms with Crippen molar-refractivity contribution in [1.29, 1.82) is 0 Å². The van der Waals surface area contributed by atoms with Crippen molar-refractivity contribution in [2.24, 2.45) is 0 Å². The van der Waals surface area contributed by atoms with E-state index >= 15 is 0 Å². The summed E-state index contributed by atoms with van der Waals surface area (Å²) in [6.45, 7) is 0. The first-order valence-electron chi connectivity index (χ1n) is 17.7. The van der Waals surface area contributed by atoms with Crippen molar-refractivity contribution >= 4 is 70.1 Å². The predicted octanol–water partition coefficient (Wildman–Crippen LogP) is 14.8. The highest BCUT2D eigenvalue weighted by Gasteiger charge is 2.19. The molecule has 0 aliphatic rings. The molecule has 0 N–H and O–H groups in total. The zero-order valence-corrected chi connectivity index (χ0v) is 29.2. The lowest BCUT2D eigenvalue weighted by Gasteiger charge is -2.27. The Hall–Kier alpha value is -6.48. The molecule has 0 amide bonds. The molecule has 0 saturated heterocycles. The molecule has 1 aromatic heterocycles. The summed E-state index contributed by atoms with van der Waals surface area (Å²) in [6.07, 6.45) is 0. The second-order valence-corrected chi connectivity index (χ2v) is 14.4.